The molecule has 4 nitrogen and oxygen atoms in total. The first-order valence-corrected chi connectivity index (χ1v) is 10.2. The van der Waals surface area contributed by atoms with Crippen molar-refractivity contribution in [3.8, 4) is 0 Å². The lowest BCUT2D eigenvalue weighted by molar-refractivity contribution is -0.121. The first-order valence-electron chi connectivity index (χ1n) is 10.2. The Balaban J connectivity index is 1.54. The Morgan fingerprint density at radius 3 is 2.22 bits per heavy atom. The van der Waals surface area contributed by atoms with Crippen LogP contribution in [0.15, 0.2) is 54.6 Å². The van der Waals surface area contributed by atoms with E-state index in [0.29, 0.717) is 0 Å². The van der Waals surface area contributed by atoms with E-state index in [2.05, 4.69) is 39.4 Å². The number of hydrogen-bond donors (Lipinski definition) is 1. The lowest BCUT2D eigenvalue weighted by Crippen LogP contribution is -2.35. The number of hydrogen-bond acceptors (Lipinski definition) is 3. The fraction of sp³-hybridized carbons (Fsp3) is 0.435. The van der Waals surface area contributed by atoms with E-state index in [1.807, 2.05) is 30.3 Å². The molecular formula is C23H29N3O. The van der Waals surface area contributed by atoms with Gasteiger partial charge in [0.05, 0.1) is 0 Å². The highest BCUT2D eigenvalue weighted by atomic mass is 16.2. The molecule has 0 unspecified atom stereocenters. The van der Waals surface area contributed by atoms with E-state index in [0.717, 1.165) is 44.0 Å². The van der Waals surface area contributed by atoms with Crippen molar-refractivity contribution in [1.29, 1.82) is 0 Å². The molecule has 1 amide bonds. The first kappa shape index (κ1) is 18.2. The van der Waals surface area contributed by atoms with E-state index in [-0.39, 0.29) is 11.9 Å². The zero-order valence-electron chi connectivity index (χ0n) is 15.9. The van der Waals surface area contributed by atoms with Crippen LogP contribution in [0, 0.1) is 0 Å². The second-order valence-electron chi connectivity index (χ2n) is 7.69. The zero-order chi connectivity index (χ0) is 18.5. The van der Waals surface area contributed by atoms with Crippen molar-refractivity contribution < 1.29 is 4.79 Å². The lowest BCUT2D eigenvalue weighted by atomic mass is 10.0. The normalized spacial score (nSPS) is 19.3. The number of amides is 1. The maximum absolute atomic E-state index is 13.3. The summed E-state index contributed by atoms with van der Waals surface area (Å²) in [5, 5.41) is 3.25. The Hall–Kier alpha value is -2.17. The number of para-hydroxylation sites is 1. The summed E-state index contributed by atoms with van der Waals surface area (Å²) < 4.78 is 0. The van der Waals surface area contributed by atoms with E-state index in [4.69, 9.17) is 0 Å². The van der Waals surface area contributed by atoms with Crippen molar-refractivity contribution in [3.05, 3.63) is 65.7 Å². The molecule has 4 rings (SSSR count). The summed E-state index contributed by atoms with van der Waals surface area (Å²) in [7, 11) is 0. The molecular weight excluding hydrogens is 334 g/mol. The van der Waals surface area contributed by atoms with Crippen LogP contribution in [0.5, 0.6) is 0 Å². The van der Waals surface area contributed by atoms with Gasteiger partial charge in [0.2, 0.25) is 5.91 Å². The third kappa shape index (κ3) is 4.40. The number of rotatable bonds is 6. The van der Waals surface area contributed by atoms with Crippen molar-refractivity contribution in [2.24, 2.45) is 0 Å². The molecule has 2 aliphatic heterocycles. The van der Waals surface area contributed by atoms with E-state index in [1.165, 1.54) is 31.2 Å². The van der Waals surface area contributed by atoms with Gasteiger partial charge in [0.1, 0.15) is 6.04 Å². The van der Waals surface area contributed by atoms with Crippen LogP contribution in [0.2, 0.25) is 0 Å². The van der Waals surface area contributed by atoms with E-state index >= 15 is 0 Å². The van der Waals surface area contributed by atoms with E-state index in [9.17, 15) is 4.79 Å². The standard InChI is InChI=1S/C23H29N3O/c27-23(22(26-16-8-9-17-26)19-10-2-1-3-11-19)24-21-13-5-4-12-20(21)18-25-14-6-7-15-25/h1-5,10-13,22H,6-9,14-18H2,(H,24,27)/t22-/m0/s1. The molecule has 2 aromatic rings. The molecule has 1 atom stereocenters. The minimum Gasteiger partial charge on any atom is -0.324 e. The summed E-state index contributed by atoms with van der Waals surface area (Å²) in [4.78, 5) is 18.1. The van der Waals surface area contributed by atoms with Gasteiger partial charge in [-0.05, 0) is 69.1 Å². The van der Waals surface area contributed by atoms with Gasteiger partial charge in [0, 0.05) is 12.2 Å². The molecule has 2 heterocycles. The summed E-state index contributed by atoms with van der Waals surface area (Å²) in [5.41, 5.74) is 3.24. The third-order valence-corrected chi connectivity index (χ3v) is 5.74. The maximum atomic E-state index is 13.3. The highest BCUT2D eigenvalue weighted by Gasteiger charge is 2.30. The summed E-state index contributed by atoms with van der Waals surface area (Å²) in [6.45, 7) is 5.20. The van der Waals surface area contributed by atoms with Gasteiger partial charge < -0.3 is 5.32 Å². The quantitative estimate of drug-likeness (QED) is 0.841. The van der Waals surface area contributed by atoms with Crippen LogP contribution < -0.4 is 5.32 Å². The van der Waals surface area contributed by atoms with Gasteiger partial charge in [-0.25, -0.2) is 0 Å². The SMILES string of the molecule is O=C(Nc1ccccc1CN1CCCC1)[C@H](c1ccccc1)N1CCCC1. The van der Waals surface area contributed by atoms with Crippen molar-refractivity contribution >= 4 is 11.6 Å². The number of anilines is 1. The van der Waals surface area contributed by atoms with Crippen LogP contribution in [0.1, 0.15) is 42.9 Å². The molecule has 1 N–H and O–H groups in total. The highest BCUT2D eigenvalue weighted by Crippen LogP contribution is 2.28. The minimum atomic E-state index is -0.214. The number of nitrogens with zero attached hydrogens (tertiary/aromatic N) is 2. The Morgan fingerprint density at radius 2 is 1.48 bits per heavy atom. The third-order valence-electron chi connectivity index (χ3n) is 5.74. The molecule has 2 fully saturated rings. The second kappa shape index (κ2) is 8.68. The van der Waals surface area contributed by atoms with E-state index < -0.39 is 0 Å². The fourth-order valence-electron chi connectivity index (χ4n) is 4.33. The number of carbonyl (C=O) groups is 1. The number of carbonyl (C=O) groups excluding carboxylic acids is 1. The van der Waals surface area contributed by atoms with Crippen LogP contribution in [0.3, 0.4) is 0 Å². The molecule has 142 valence electrons. The first-order chi connectivity index (χ1) is 13.3. The molecule has 0 aliphatic carbocycles. The van der Waals surface area contributed by atoms with Gasteiger partial charge in [-0.15, -0.1) is 0 Å². The van der Waals surface area contributed by atoms with Crippen molar-refractivity contribution in [2.45, 2.75) is 38.3 Å². The van der Waals surface area contributed by atoms with Gasteiger partial charge in [-0.3, -0.25) is 14.6 Å². The molecule has 0 aromatic heterocycles. The highest BCUT2D eigenvalue weighted by molar-refractivity contribution is 5.96. The van der Waals surface area contributed by atoms with Crippen LogP contribution >= 0.6 is 0 Å². The van der Waals surface area contributed by atoms with Crippen LogP contribution in [0.4, 0.5) is 5.69 Å². The molecule has 2 saturated heterocycles. The Labute approximate surface area is 162 Å². The smallest absolute Gasteiger partial charge is 0.246 e. The van der Waals surface area contributed by atoms with E-state index in [1.54, 1.807) is 0 Å². The average Bonchev–Trinajstić information content (AvgIpc) is 3.39. The molecule has 2 aromatic carbocycles. The Kier molecular flexibility index (Phi) is 5.85. The number of likely N-dealkylation sites (tertiary alicyclic amines) is 2. The van der Waals surface area contributed by atoms with Gasteiger partial charge in [0.15, 0.2) is 0 Å². The summed E-state index contributed by atoms with van der Waals surface area (Å²) >= 11 is 0. The molecule has 0 saturated carbocycles. The number of benzene rings is 2. The topological polar surface area (TPSA) is 35.6 Å². The largest absolute Gasteiger partial charge is 0.324 e. The summed E-state index contributed by atoms with van der Waals surface area (Å²) in [6, 6.07) is 18.2. The predicted molar refractivity (Wildman–Crippen MR) is 110 cm³/mol. The van der Waals surface area contributed by atoms with Gasteiger partial charge in [-0.2, -0.15) is 0 Å². The molecule has 4 heteroatoms. The molecule has 2 aliphatic rings. The zero-order valence-corrected chi connectivity index (χ0v) is 15.9. The predicted octanol–water partition coefficient (Wildman–Crippen LogP) is 4.06. The summed E-state index contributed by atoms with van der Waals surface area (Å²) in [6.07, 6.45) is 4.89. The lowest BCUT2D eigenvalue weighted by Gasteiger charge is -2.27. The van der Waals surface area contributed by atoms with Crippen molar-refractivity contribution in [3.63, 3.8) is 0 Å². The van der Waals surface area contributed by atoms with Gasteiger partial charge in [-0.1, -0.05) is 48.5 Å². The van der Waals surface area contributed by atoms with Gasteiger partial charge >= 0.3 is 0 Å². The Bertz CT molecular complexity index is 749. The maximum Gasteiger partial charge on any atom is 0.246 e. The summed E-state index contributed by atoms with van der Waals surface area (Å²) in [5.74, 6) is 0.0805. The molecule has 0 spiro atoms. The molecule has 0 bridgehead atoms. The molecule has 0 radical (unpaired) electrons. The van der Waals surface area contributed by atoms with Crippen LogP contribution in [0.25, 0.3) is 0 Å². The van der Waals surface area contributed by atoms with Crippen molar-refractivity contribution in [2.75, 3.05) is 31.5 Å². The van der Waals surface area contributed by atoms with Gasteiger partial charge in [0.25, 0.3) is 0 Å². The minimum absolute atomic E-state index is 0.0805. The Morgan fingerprint density at radius 1 is 0.852 bits per heavy atom. The average molecular weight is 364 g/mol. The van der Waals surface area contributed by atoms with Crippen LogP contribution in [-0.2, 0) is 11.3 Å². The van der Waals surface area contributed by atoms with Crippen LogP contribution in [-0.4, -0.2) is 41.9 Å². The fourth-order valence-corrected chi connectivity index (χ4v) is 4.33. The second-order valence-corrected chi connectivity index (χ2v) is 7.69. The van der Waals surface area contributed by atoms with Crippen molar-refractivity contribution in [1.82, 2.24) is 9.80 Å². The number of nitrogens with one attached hydrogen (secondary N) is 1. The monoisotopic (exact) mass is 363 g/mol. The molecule has 27 heavy (non-hydrogen) atoms.